The van der Waals surface area contributed by atoms with Crippen LogP contribution in [0.2, 0.25) is 0 Å². The molecule has 0 aliphatic rings. The van der Waals surface area contributed by atoms with Crippen LogP contribution in [0.15, 0.2) is 42.7 Å². The summed E-state index contributed by atoms with van der Waals surface area (Å²) in [5, 5.41) is 8.26. The zero-order valence-corrected chi connectivity index (χ0v) is 15.6. The smallest absolute Gasteiger partial charge is 0.130 e. The largest absolute Gasteiger partial charge is 0.363 e. The molecule has 0 fully saturated rings. The molecule has 2 heterocycles. The number of aryl methyl sites for hydroxylation is 3. The first-order valence-corrected chi connectivity index (χ1v) is 8.44. The highest BCUT2D eigenvalue weighted by molar-refractivity contribution is 5.49. The van der Waals surface area contributed by atoms with Crippen molar-refractivity contribution in [3.63, 3.8) is 0 Å². The number of rotatable bonds is 6. The fourth-order valence-corrected chi connectivity index (χ4v) is 3.32. The average Bonchev–Trinajstić information content (AvgIpc) is 3.12. The summed E-state index contributed by atoms with van der Waals surface area (Å²) < 4.78 is 4.00. The van der Waals surface area contributed by atoms with Gasteiger partial charge in [0, 0.05) is 52.7 Å². The Bertz CT molecular complexity index is 831. The van der Waals surface area contributed by atoms with Crippen molar-refractivity contribution in [1.82, 2.24) is 24.6 Å². The van der Waals surface area contributed by atoms with E-state index in [9.17, 15) is 0 Å². The summed E-state index contributed by atoms with van der Waals surface area (Å²) in [4.78, 5) is 6.67. The predicted molar refractivity (Wildman–Crippen MR) is 101 cm³/mol. The SMILES string of the molecule is Cc1nn(C)c(N(C)C)c1CNC(c1ccccc1)c1nccn1C. The lowest BCUT2D eigenvalue weighted by atomic mass is 10.1. The van der Waals surface area contributed by atoms with E-state index in [-0.39, 0.29) is 6.04 Å². The zero-order valence-electron chi connectivity index (χ0n) is 15.6. The Hall–Kier alpha value is -2.60. The Balaban J connectivity index is 1.92. The topological polar surface area (TPSA) is 50.9 Å². The van der Waals surface area contributed by atoms with Crippen LogP contribution in [0.3, 0.4) is 0 Å². The Kier molecular flexibility index (Phi) is 4.90. The molecule has 0 aliphatic heterocycles. The monoisotopic (exact) mass is 338 g/mol. The first-order chi connectivity index (χ1) is 12.0. The molecule has 0 saturated heterocycles. The highest BCUT2D eigenvalue weighted by atomic mass is 15.4. The molecule has 1 aromatic carbocycles. The van der Waals surface area contributed by atoms with Crippen molar-refractivity contribution in [2.45, 2.75) is 19.5 Å². The standard InChI is InChI=1S/C19H26N6/c1-14-16(19(23(2)3)25(5)22-14)13-21-17(15-9-7-6-8-10-15)18-20-11-12-24(18)4/h6-12,17,21H,13H2,1-5H3. The first-order valence-electron chi connectivity index (χ1n) is 8.44. The number of benzene rings is 1. The van der Waals surface area contributed by atoms with Crippen molar-refractivity contribution in [1.29, 1.82) is 0 Å². The van der Waals surface area contributed by atoms with Crippen molar-refractivity contribution in [3.8, 4) is 0 Å². The van der Waals surface area contributed by atoms with Gasteiger partial charge in [-0.25, -0.2) is 4.98 Å². The van der Waals surface area contributed by atoms with Crippen LogP contribution in [0, 0.1) is 6.92 Å². The van der Waals surface area contributed by atoms with Crippen LogP contribution in [0.4, 0.5) is 5.82 Å². The van der Waals surface area contributed by atoms with Crippen LogP contribution >= 0.6 is 0 Å². The maximum absolute atomic E-state index is 4.58. The first kappa shape index (κ1) is 17.2. The highest BCUT2D eigenvalue weighted by Crippen LogP contribution is 2.25. The summed E-state index contributed by atoms with van der Waals surface area (Å²) in [5.74, 6) is 2.12. The molecule has 25 heavy (non-hydrogen) atoms. The van der Waals surface area contributed by atoms with E-state index >= 15 is 0 Å². The fraction of sp³-hybridized carbons (Fsp3) is 0.368. The van der Waals surface area contributed by atoms with Gasteiger partial charge >= 0.3 is 0 Å². The van der Waals surface area contributed by atoms with Crippen molar-refractivity contribution in [2.75, 3.05) is 19.0 Å². The van der Waals surface area contributed by atoms with E-state index in [4.69, 9.17) is 0 Å². The van der Waals surface area contributed by atoms with Gasteiger partial charge in [0.05, 0.1) is 11.7 Å². The van der Waals surface area contributed by atoms with Crippen LogP contribution in [0.5, 0.6) is 0 Å². The van der Waals surface area contributed by atoms with Crippen LogP contribution in [0.25, 0.3) is 0 Å². The van der Waals surface area contributed by atoms with Crippen LogP contribution in [-0.4, -0.2) is 33.4 Å². The molecule has 0 bridgehead atoms. The van der Waals surface area contributed by atoms with Crippen LogP contribution < -0.4 is 10.2 Å². The van der Waals surface area contributed by atoms with E-state index in [0.29, 0.717) is 0 Å². The van der Waals surface area contributed by atoms with Gasteiger partial charge in [0.25, 0.3) is 0 Å². The van der Waals surface area contributed by atoms with E-state index in [1.165, 1.54) is 11.1 Å². The Labute approximate surface area is 149 Å². The molecule has 0 amide bonds. The summed E-state index contributed by atoms with van der Waals surface area (Å²) in [6, 6.07) is 10.5. The Morgan fingerprint density at radius 2 is 1.88 bits per heavy atom. The Morgan fingerprint density at radius 1 is 1.16 bits per heavy atom. The van der Waals surface area contributed by atoms with Gasteiger partial charge in [0.1, 0.15) is 11.6 Å². The number of aromatic nitrogens is 4. The molecule has 0 aliphatic carbocycles. The lowest BCUT2D eigenvalue weighted by Gasteiger charge is -2.21. The third-order valence-corrected chi connectivity index (χ3v) is 4.47. The molecule has 1 atom stereocenters. The molecule has 6 nitrogen and oxygen atoms in total. The second kappa shape index (κ2) is 7.11. The van der Waals surface area contributed by atoms with Gasteiger partial charge < -0.3 is 9.47 Å². The van der Waals surface area contributed by atoms with E-state index in [2.05, 4.69) is 56.1 Å². The quantitative estimate of drug-likeness (QED) is 0.750. The van der Waals surface area contributed by atoms with Gasteiger partial charge in [-0.15, -0.1) is 0 Å². The van der Waals surface area contributed by atoms with Crippen molar-refractivity contribution in [2.24, 2.45) is 14.1 Å². The molecule has 1 unspecified atom stereocenters. The minimum atomic E-state index is 0.0239. The van der Waals surface area contributed by atoms with Gasteiger partial charge in [0.2, 0.25) is 0 Å². The summed E-state index contributed by atoms with van der Waals surface area (Å²) in [7, 11) is 8.11. The van der Waals surface area contributed by atoms with E-state index < -0.39 is 0 Å². The van der Waals surface area contributed by atoms with Crippen LogP contribution in [-0.2, 0) is 20.6 Å². The lowest BCUT2D eigenvalue weighted by Crippen LogP contribution is -2.26. The van der Waals surface area contributed by atoms with Gasteiger partial charge in [-0.3, -0.25) is 10.00 Å². The number of anilines is 1. The third kappa shape index (κ3) is 3.44. The molecular formula is C19H26N6. The molecule has 3 rings (SSSR count). The van der Waals surface area contributed by atoms with E-state index in [0.717, 1.165) is 23.9 Å². The fourth-order valence-electron chi connectivity index (χ4n) is 3.32. The van der Waals surface area contributed by atoms with E-state index in [1.807, 2.05) is 51.3 Å². The summed E-state index contributed by atoms with van der Waals surface area (Å²) in [6.45, 7) is 2.78. The summed E-state index contributed by atoms with van der Waals surface area (Å²) in [5.41, 5.74) is 3.46. The molecular weight excluding hydrogens is 312 g/mol. The second-order valence-corrected chi connectivity index (χ2v) is 6.53. The number of nitrogens with zero attached hydrogens (tertiary/aromatic N) is 5. The number of imidazole rings is 1. The molecule has 3 aromatic rings. The molecule has 0 saturated carbocycles. The minimum absolute atomic E-state index is 0.0239. The summed E-state index contributed by atoms with van der Waals surface area (Å²) in [6.07, 6.45) is 3.82. The van der Waals surface area contributed by atoms with Gasteiger partial charge in [0.15, 0.2) is 0 Å². The summed E-state index contributed by atoms with van der Waals surface area (Å²) >= 11 is 0. The predicted octanol–water partition coefficient (Wildman–Crippen LogP) is 2.41. The number of nitrogens with one attached hydrogen (secondary N) is 1. The molecule has 6 heteroatoms. The van der Waals surface area contributed by atoms with Gasteiger partial charge in [-0.05, 0) is 12.5 Å². The van der Waals surface area contributed by atoms with Gasteiger partial charge in [-0.2, -0.15) is 5.10 Å². The number of hydrogen-bond donors (Lipinski definition) is 1. The molecule has 0 spiro atoms. The Morgan fingerprint density at radius 3 is 2.48 bits per heavy atom. The normalized spacial score (nSPS) is 12.4. The average molecular weight is 338 g/mol. The molecule has 0 radical (unpaired) electrons. The molecule has 2 aromatic heterocycles. The van der Waals surface area contributed by atoms with Crippen molar-refractivity contribution >= 4 is 5.82 Å². The third-order valence-electron chi connectivity index (χ3n) is 4.47. The maximum atomic E-state index is 4.58. The van der Waals surface area contributed by atoms with Crippen molar-refractivity contribution < 1.29 is 0 Å². The maximum Gasteiger partial charge on any atom is 0.130 e. The minimum Gasteiger partial charge on any atom is -0.363 e. The number of hydrogen-bond acceptors (Lipinski definition) is 4. The lowest BCUT2D eigenvalue weighted by molar-refractivity contribution is 0.557. The van der Waals surface area contributed by atoms with E-state index in [1.54, 1.807) is 0 Å². The zero-order chi connectivity index (χ0) is 18.0. The second-order valence-electron chi connectivity index (χ2n) is 6.53. The van der Waals surface area contributed by atoms with Gasteiger partial charge in [-0.1, -0.05) is 30.3 Å². The molecule has 132 valence electrons. The molecule has 1 N–H and O–H groups in total. The van der Waals surface area contributed by atoms with Crippen molar-refractivity contribution in [3.05, 3.63) is 65.4 Å². The van der Waals surface area contributed by atoms with Crippen LogP contribution in [0.1, 0.15) is 28.7 Å². The highest BCUT2D eigenvalue weighted by Gasteiger charge is 2.21.